The molecule has 0 atom stereocenters. The van der Waals surface area contributed by atoms with Crippen molar-refractivity contribution in [2.45, 2.75) is 406 Å². The largest absolute Gasteiger partial charge is 0.481 e. The number of nitriles is 2. The van der Waals surface area contributed by atoms with Gasteiger partial charge < -0.3 is 54.3 Å². The number of aliphatic carboxylic acids is 3. The van der Waals surface area contributed by atoms with Gasteiger partial charge in [0.25, 0.3) is 25.8 Å². The molecule has 0 aliphatic heterocycles. The number of halogens is 2. The number of hydrogen-bond donors (Lipinski definition) is 8. The van der Waals surface area contributed by atoms with E-state index in [2.05, 4.69) is 33.7 Å². The fourth-order valence-electron chi connectivity index (χ4n) is 9.93. The van der Waals surface area contributed by atoms with Crippen LogP contribution in [-0.4, -0.2) is 194 Å². The highest BCUT2D eigenvalue weighted by Gasteiger charge is 2.46. The number of aromatic nitrogens is 7. The van der Waals surface area contributed by atoms with Crippen molar-refractivity contribution in [3.8, 4) is 23.9 Å². The summed E-state index contributed by atoms with van der Waals surface area (Å²) in [4.78, 5) is 79.8. The van der Waals surface area contributed by atoms with Gasteiger partial charge in [0.2, 0.25) is 11.8 Å². The van der Waals surface area contributed by atoms with Gasteiger partial charge in [-0.3, -0.25) is 32.6 Å². The number of nitrogens with zero attached hydrogens (tertiary/aromatic N) is 7. The molecule has 16 rings (SSSR count). The summed E-state index contributed by atoms with van der Waals surface area (Å²) in [5.41, 5.74) is -5.75. The first-order valence-electron chi connectivity index (χ1n) is 58.8. The molecule has 0 aromatic carbocycles. The summed E-state index contributed by atoms with van der Waals surface area (Å²) in [7, 11) is -7.23. The van der Waals surface area contributed by atoms with Gasteiger partial charge in [0.1, 0.15) is 27.1 Å². The average Bonchev–Trinajstić information content (AvgIpc) is 1.60. The van der Waals surface area contributed by atoms with E-state index >= 15 is 0 Å². The molecule has 4 heterocycles. The zero-order valence-electron chi connectivity index (χ0n) is 109. The number of carboxylic acids is 3. The fraction of sp³-hybridized carbons (Fsp3) is 0.790. The zero-order chi connectivity index (χ0) is 128. The summed E-state index contributed by atoms with van der Waals surface area (Å²) < 4.78 is 244. The Bertz CT molecular complexity index is 6010. The van der Waals surface area contributed by atoms with Gasteiger partial charge in [0.05, 0.1) is 80.1 Å². The van der Waals surface area contributed by atoms with Crippen LogP contribution in [0.5, 0.6) is 11.8 Å². The van der Waals surface area contributed by atoms with E-state index in [1.165, 1.54) is 30.6 Å². The first-order chi connectivity index (χ1) is 73.5. The third-order valence-electron chi connectivity index (χ3n) is 23.3. The highest BCUT2D eigenvalue weighted by molar-refractivity contribution is 7.86. The fourth-order valence-corrected chi connectivity index (χ4v) is 11.0. The van der Waals surface area contributed by atoms with Gasteiger partial charge in [-0.15, -0.1) is 5.10 Å². The maximum Gasteiger partial charge on any atom is 0.435 e. The van der Waals surface area contributed by atoms with Crippen LogP contribution in [0.2, 0.25) is 10.3 Å². The minimum Gasteiger partial charge on any atom is -0.481 e. The maximum absolute atomic E-state index is 11.8. The molecule has 0 saturated heterocycles. The van der Waals surface area contributed by atoms with E-state index in [1.54, 1.807) is 128 Å². The second-order valence-corrected chi connectivity index (χ2v) is 47.7. The van der Waals surface area contributed by atoms with Gasteiger partial charge in [-0.25, -0.2) is 24.5 Å². The van der Waals surface area contributed by atoms with E-state index in [4.69, 9.17) is 118 Å². The third kappa shape index (κ3) is 65.7. The SMILES string of the molecule is CC(C)(C)OC(=O)c1ccc(Cl)nc1Cl.CC(C)(C)OC(=O)n1ccc(=O)[nH]1.CC1(C(=O)O)CC1.[2H]C([2H])(C#N)C1(C)CC1.[2H]C([2H])(C(=O)O)C1(C)CC1.[2H]C([2H])(CC#N)C1(C)CC1.[2H]C([2H])(CC(=O)O)C1(C)CC1.[2H]C([2H])(CCO)C1(C)CC1.[2H]C([2H])(CCOc1ccn(C(=O)OC(C)(C)C)n1)C1(C)CC1.[2H]C([2H])(CCOc1ccn[nH]1)C1(C)CC1.[2H]C([2H])(CO)C1(C)CC1.[2H]C([2H])(COS(C)(=O)=O)C1(C)CC1.[2H]C([2H])(O)C1(C)CC1.[2H]C([2H])(OS(C)(=O)=O)C1(C)CC1. The van der Waals surface area contributed by atoms with Gasteiger partial charge in [0, 0.05) is 94.3 Å². The summed E-state index contributed by atoms with van der Waals surface area (Å²) in [6, 6.07) is 11.1. The Kier molecular flexibility index (Phi) is 37.8. The van der Waals surface area contributed by atoms with Crippen molar-refractivity contribution in [3.05, 3.63) is 75.1 Å². The van der Waals surface area contributed by atoms with Crippen LogP contribution in [0.15, 0.2) is 53.7 Å². The van der Waals surface area contributed by atoms with E-state index in [0.29, 0.717) is 56.9 Å². The van der Waals surface area contributed by atoms with Crippen LogP contribution >= 0.6 is 23.2 Å². The smallest absolute Gasteiger partial charge is 0.435 e. The molecule has 0 unspecified atom stereocenters. The van der Waals surface area contributed by atoms with Crippen LogP contribution < -0.4 is 15.0 Å². The van der Waals surface area contributed by atoms with Crippen molar-refractivity contribution >= 4 is 79.5 Å². The number of aromatic amines is 2. The molecule has 8 N–H and O–H groups in total. The lowest BCUT2D eigenvalue weighted by Gasteiger charge is -2.19. The van der Waals surface area contributed by atoms with Gasteiger partial charge >= 0.3 is 36.1 Å². The molecular formula is C105H175Cl2N9O24S2. The number of carbonyl (C=O) groups excluding carboxylic acids is 3. The van der Waals surface area contributed by atoms with Crippen LogP contribution in [0, 0.1) is 87.6 Å². The Morgan fingerprint density at radius 2 is 0.923 bits per heavy atom. The Hall–Kier alpha value is -7.74. The lowest BCUT2D eigenvalue weighted by molar-refractivity contribution is -0.142. The Morgan fingerprint density at radius 1 is 0.486 bits per heavy atom. The number of aliphatic hydroxyl groups excluding tert-OH is 2. The first kappa shape index (κ1) is 95.2. The molecule has 4 aromatic heterocycles. The van der Waals surface area contributed by atoms with Crippen molar-refractivity contribution in [1.82, 2.24) is 34.7 Å². The van der Waals surface area contributed by atoms with Crippen LogP contribution in [0.1, 0.15) is 429 Å². The molecule has 33 nitrogen and oxygen atoms in total. The number of H-pyrrole nitrogens is 2. The van der Waals surface area contributed by atoms with E-state index in [0.717, 1.165) is 150 Å². The maximum atomic E-state index is 11.8. The second-order valence-electron chi connectivity index (χ2n) is 43.8. The average molecular weight is 2100 g/mol. The standard InChI is InChI=1S/C15H24N2O3.C10H11Cl2NO2.C10H16N2O.C8H12N2O3.C7H11N.C7H14O3S.C7H12O2.C7H14O.C6H9N.C6H12O3S.C6H10O2.C6H12O.C5H8O2.C5H10O/c1-14(2,3)20-13(18)17-10-6-12(16-17)19-11-5-7-15(4)8-9-15;1-10(2,3)15-9(14)6-4-5-7(11)13-8(6)12;1-10(5-6-10)4-2-8-13-9-3-7-11-12-9;1-8(2,3)13-7(12)10-5-4-6(11)9-10;1-7(4-5-7)3-2-6-8;1-7(3-4-7)5-6-10-11(2,8)9;1-7(4-5-7)3-2-6(8)9;1-7(4-5-7)3-2-6-8;1-6(2-3-6)4-5-7;1-6(3-4-6)5-9-10(2,7)8;1-6(2-3-6)4-5(7)8;1-6(2-3-6)4-5-7;1-5(2-3-5)4(6)7;1-5(4-6)2-3-5/h6,10H,5,7-9,11H2,1-4H3;4-5H,1-3H3;3,7H,2,4-6,8H2,1H3,(H,11,12);4-5H,1-3H3,(H,9,11);2-5H2,1H3;3-6H2,1-2H3;2-5H2,1H3,(H,8,9);8H,2-6H2,1H3;2-4H2,1H3;3-5H2,1-2H3;2-4H2,1H3,(H,7,8);7H,2-5H2,1H3;2-3H2,1H3,(H,6,7);6H,2-4H2,1H3/i7D2;;4D2;;3D2;5D2;2*3D2;4D2;5D2;2*4D2;;4D2. The molecule has 142 heavy (non-hydrogen) atoms. The minimum absolute atomic E-state index is 0.0312. The highest BCUT2D eigenvalue weighted by atomic mass is 35.5. The number of rotatable bonds is 33. The molecule has 0 spiro atoms. The van der Waals surface area contributed by atoms with Crippen LogP contribution in [0.25, 0.3) is 0 Å². The molecule has 4 aromatic rings. The number of hydrogen-bond acceptors (Lipinski definition) is 26. The predicted octanol–water partition coefficient (Wildman–Crippen LogP) is 23.3. The first-order valence-corrected chi connectivity index (χ1v) is 52.2. The molecule has 810 valence electrons. The zero-order valence-corrected chi connectivity index (χ0v) is 90.5. The van der Waals surface area contributed by atoms with Crippen LogP contribution in [-0.2, 0) is 57.2 Å². The molecule has 12 saturated carbocycles. The number of aliphatic hydroxyl groups is 3. The predicted molar refractivity (Wildman–Crippen MR) is 549 cm³/mol. The Balaban J connectivity index is 0.000000456. The van der Waals surface area contributed by atoms with Gasteiger partial charge in [0.15, 0.2) is 0 Å². The summed E-state index contributed by atoms with van der Waals surface area (Å²) in [6.07, 6.45) is 13.4. The summed E-state index contributed by atoms with van der Waals surface area (Å²) in [6.45, 7) is 33.8. The topological polar surface area (TPSA) is 501 Å². The van der Waals surface area contributed by atoms with Crippen molar-refractivity contribution in [1.29, 1.82) is 10.5 Å². The van der Waals surface area contributed by atoms with Crippen molar-refractivity contribution in [3.63, 3.8) is 0 Å². The minimum atomic E-state index is -3.70. The van der Waals surface area contributed by atoms with Crippen molar-refractivity contribution in [2.75, 3.05) is 58.7 Å². The number of pyridine rings is 1. The molecular weight excluding hydrogens is 1910 g/mol. The molecule has 12 fully saturated rings. The van der Waals surface area contributed by atoms with Crippen molar-refractivity contribution in [2.24, 2.45) is 65.0 Å². The van der Waals surface area contributed by atoms with Crippen LogP contribution in [0.4, 0.5) is 9.59 Å². The highest BCUT2D eigenvalue weighted by Crippen LogP contribution is 2.54. The summed E-state index contributed by atoms with van der Waals surface area (Å²) in [5, 5.41) is 80.7. The second kappa shape index (κ2) is 56.4. The Morgan fingerprint density at radius 3 is 1.25 bits per heavy atom. The number of carboxylic acid groups (broad SMARTS) is 3. The quantitative estimate of drug-likeness (QED) is 0.00950. The molecule has 0 radical (unpaired) electrons. The summed E-state index contributed by atoms with van der Waals surface area (Å²) in [5.74, 6) is -2.64. The van der Waals surface area contributed by atoms with Crippen LogP contribution in [0.3, 0.4) is 0 Å². The van der Waals surface area contributed by atoms with E-state index in [1.807, 2.05) is 47.6 Å². The third-order valence-corrected chi connectivity index (χ3v) is 24.7. The monoisotopic (exact) mass is 2100 g/mol. The van der Waals surface area contributed by atoms with E-state index < -0.39 is 165 Å². The molecule has 37 heteroatoms. The van der Waals surface area contributed by atoms with Crippen molar-refractivity contribution < 1.29 is 138 Å². The molecule has 0 amide bonds. The lowest BCUT2D eigenvalue weighted by Crippen LogP contribution is -2.28. The molecule has 12 aliphatic carbocycles. The molecule has 12 aliphatic rings. The lowest BCUT2D eigenvalue weighted by atomic mass is 10.0. The number of ether oxygens (including phenoxy) is 5. The molecule has 0 bridgehead atoms. The normalized spacial score (nSPS) is 22.9. The van der Waals surface area contributed by atoms with E-state index in [-0.39, 0.29) is 110 Å². The number of carbonyl (C=O) groups is 6. The van der Waals surface area contributed by atoms with Gasteiger partial charge in [-0.1, -0.05) is 99.4 Å². The number of nitrogens with one attached hydrogen (secondary N) is 2. The van der Waals surface area contributed by atoms with Gasteiger partial charge in [-0.2, -0.15) is 41.8 Å². The van der Waals surface area contributed by atoms with Gasteiger partial charge in [-0.05, 0) is 359 Å². The van der Waals surface area contributed by atoms with E-state index in [9.17, 15) is 50.4 Å². The number of esters is 1. The summed E-state index contributed by atoms with van der Waals surface area (Å²) >= 11 is 11.4. The Labute approximate surface area is 887 Å².